The largest absolute Gasteiger partial charge is 0.240 e. The van der Waals surface area contributed by atoms with Crippen LogP contribution in [0.2, 0.25) is 0 Å². The number of benzene rings is 2. The Morgan fingerprint density at radius 3 is 2.00 bits per heavy atom. The first-order valence-electron chi connectivity index (χ1n) is 7.83. The lowest BCUT2D eigenvalue weighted by molar-refractivity contribution is 0.412. The maximum atomic E-state index is 12.4. The molecular formula is C18H21NO2S. The van der Waals surface area contributed by atoms with Gasteiger partial charge in [0.05, 0.1) is 4.90 Å². The van der Waals surface area contributed by atoms with E-state index in [1.165, 1.54) is 6.42 Å². The zero-order chi connectivity index (χ0) is 15.4. The van der Waals surface area contributed by atoms with E-state index in [0.717, 1.165) is 36.8 Å². The summed E-state index contributed by atoms with van der Waals surface area (Å²) in [6.07, 6.45) is 5.33. The van der Waals surface area contributed by atoms with E-state index in [4.69, 9.17) is 0 Å². The first-order valence-corrected chi connectivity index (χ1v) is 9.31. The van der Waals surface area contributed by atoms with Gasteiger partial charge in [0, 0.05) is 6.04 Å². The Bertz CT molecular complexity index is 703. The third kappa shape index (κ3) is 3.57. The molecule has 0 radical (unpaired) electrons. The molecule has 1 N–H and O–H groups in total. The van der Waals surface area contributed by atoms with E-state index in [-0.39, 0.29) is 6.04 Å². The zero-order valence-electron chi connectivity index (χ0n) is 12.5. The molecule has 0 atom stereocenters. The highest BCUT2D eigenvalue weighted by Crippen LogP contribution is 2.23. The molecule has 0 aliphatic heterocycles. The predicted octanol–water partition coefficient (Wildman–Crippen LogP) is 3.96. The van der Waals surface area contributed by atoms with E-state index in [2.05, 4.69) is 4.72 Å². The van der Waals surface area contributed by atoms with Crippen LogP contribution in [0.4, 0.5) is 0 Å². The monoisotopic (exact) mass is 315 g/mol. The second-order valence-electron chi connectivity index (χ2n) is 5.85. The van der Waals surface area contributed by atoms with Crippen LogP contribution >= 0.6 is 0 Å². The molecule has 3 rings (SSSR count). The van der Waals surface area contributed by atoms with Crippen molar-refractivity contribution in [2.24, 2.45) is 0 Å². The topological polar surface area (TPSA) is 46.2 Å². The van der Waals surface area contributed by atoms with Crippen LogP contribution < -0.4 is 4.72 Å². The van der Waals surface area contributed by atoms with Crippen LogP contribution in [0.1, 0.15) is 32.1 Å². The SMILES string of the molecule is O=S(=O)(NC1CCCCC1)c1ccc(-c2ccccc2)cc1. The van der Waals surface area contributed by atoms with E-state index >= 15 is 0 Å². The number of rotatable bonds is 4. The molecule has 22 heavy (non-hydrogen) atoms. The summed E-state index contributed by atoms with van der Waals surface area (Å²) in [5.74, 6) is 0. The van der Waals surface area contributed by atoms with Crippen molar-refractivity contribution in [2.45, 2.75) is 43.0 Å². The lowest BCUT2D eigenvalue weighted by atomic mass is 9.96. The molecule has 3 nitrogen and oxygen atoms in total. The minimum absolute atomic E-state index is 0.0903. The number of hydrogen-bond donors (Lipinski definition) is 1. The number of sulfonamides is 1. The summed E-state index contributed by atoms with van der Waals surface area (Å²) < 4.78 is 27.7. The van der Waals surface area contributed by atoms with Crippen molar-refractivity contribution < 1.29 is 8.42 Å². The minimum Gasteiger partial charge on any atom is -0.208 e. The molecule has 1 saturated carbocycles. The molecule has 0 heterocycles. The molecule has 2 aromatic carbocycles. The van der Waals surface area contributed by atoms with Gasteiger partial charge in [-0.15, -0.1) is 0 Å². The van der Waals surface area contributed by atoms with Gasteiger partial charge in [0.25, 0.3) is 0 Å². The summed E-state index contributed by atoms with van der Waals surface area (Å²) in [6.45, 7) is 0. The maximum Gasteiger partial charge on any atom is 0.240 e. The first kappa shape index (κ1) is 15.3. The van der Waals surface area contributed by atoms with Crippen LogP contribution in [0.5, 0.6) is 0 Å². The minimum atomic E-state index is -3.41. The van der Waals surface area contributed by atoms with Crippen molar-refractivity contribution in [1.29, 1.82) is 0 Å². The number of hydrogen-bond acceptors (Lipinski definition) is 2. The van der Waals surface area contributed by atoms with E-state index in [0.29, 0.717) is 4.90 Å². The highest BCUT2D eigenvalue weighted by Gasteiger charge is 2.21. The second-order valence-corrected chi connectivity index (χ2v) is 7.56. The quantitative estimate of drug-likeness (QED) is 0.928. The van der Waals surface area contributed by atoms with Gasteiger partial charge in [0.2, 0.25) is 10.0 Å². The Hall–Kier alpha value is -1.65. The van der Waals surface area contributed by atoms with Crippen LogP contribution in [-0.4, -0.2) is 14.5 Å². The zero-order valence-corrected chi connectivity index (χ0v) is 13.4. The highest BCUT2D eigenvalue weighted by atomic mass is 32.2. The molecule has 116 valence electrons. The molecule has 0 saturated heterocycles. The average Bonchev–Trinajstić information content (AvgIpc) is 2.56. The maximum absolute atomic E-state index is 12.4. The summed E-state index contributed by atoms with van der Waals surface area (Å²) in [6, 6.07) is 17.2. The molecule has 0 spiro atoms. The normalized spacial score (nSPS) is 16.5. The smallest absolute Gasteiger partial charge is 0.208 e. The van der Waals surface area contributed by atoms with Gasteiger partial charge in [-0.1, -0.05) is 61.7 Å². The van der Waals surface area contributed by atoms with Crippen molar-refractivity contribution in [2.75, 3.05) is 0 Å². The average molecular weight is 315 g/mol. The molecule has 2 aromatic rings. The Morgan fingerprint density at radius 2 is 1.36 bits per heavy atom. The second kappa shape index (κ2) is 6.63. The van der Waals surface area contributed by atoms with Crippen LogP contribution in [-0.2, 0) is 10.0 Å². The molecule has 0 bridgehead atoms. The van der Waals surface area contributed by atoms with Gasteiger partial charge in [-0.3, -0.25) is 0 Å². The van der Waals surface area contributed by atoms with Gasteiger partial charge < -0.3 is 0 Å². The molecule has 1 fully saturated rings. The Kier molecular flexibility index (Phi) is 4.60. The van der Waals surface area contributed by atoms with Crippen molar-refractivity contribution in [3.05, 3.63) is 54.6 Å². The van der Waals surface area contributed by atoms with Crippen LogP contribution in [0.25, 0.3) is 11.1 Å². The van der Waals surface area contributed by atoms with Gasteiger partial charge in [0.15, 0.2) is 0 Å². The third-order valence-electron chi connectivity index (χ3n) is 4.20. The molecule has 0 amide bonds. The predicted molar refractivity (Wildman–Crippen MR) is 89.1 cm³/mol. The number of nitrogens with one attached hydrogen (secondary N) is 1. The standard InChI is InChI=1S/C18H21NO2S/c20-22(21,19-17-9-5-2-6-10-17)18-13-11-16(12-14-18)15-7-3-1-4-8-15/h1,3-4,7-8,11-14,17,19H,2,5-6,9-10H2. The molecule has 4 heteroatoms. The first-order chi connectivity index (χ1) is 10.6. The van der Waals surface area contributed by atoms with Gasteiger partial charge in [-0.05, 0) is 36.1 Å². The van der Waals surface area contributed by atoms with Crippen LogP contribution in [0.3, 0.4) is 0 Å². The van der Waals surface area contributed by atoms with E-state index < -0.39 is 10.0 Å². The van der Waals surface area contributed by atoms with Crippen LogP contribution in [0, 0.1) is 0 Å². The van der Waals surface area contributed by atoms with E-state index in [1.807, 2.05) is 42.5 Å². The summed E-state index contributed by atoms with van der Waals surface area (Å²) in [4.78, 5) is 0.345. The van der Waals surface area contributed by atoms with Gasteiger partial charge in [-0.2, -0.15) is 0 Å². The fraction of sp³-hybridized carbons (Fsp3) is 0.333. The lowest BCUT2D eigenvalue weighted by Gasteiger charge is -2.22. The van der Waals surface area contributed by atoms with Gasteiger partial charge >= 0.3 is 0 Å². The van der Waals surface area contributed by atoms with Gasteiger partial charge in [0.1, 0.15) is 0 Å². The summed E-state index contributed by atoms with van der Waals surface area (Å²) >= 11 is 0. The van der Waals surface area contributed by atoms with Crippen molar-refractivity contribution in [3.63, 3.8) is 0 Å². The molecule has 1 aliphatic rings. The van der Waals surface area contributed by atoms with Gasteiger partial charge in [-0.25, -0.2) is 13.1 Å². The van der Waals surface area contributed by atoms with Crippen molar-refractivity contribution in [3.8, 4) is 11.1 Å². The van der Waals surface area contributed by atoms with E-state index in [9.17, 15) is 8.42 Å². The molecular weight excluding hydrogens is 294 g/mol. The lowest BCUT2D eigenvalue weighted by Crippen LogP contribution is -2.36. The third-order valence-corrected chi connectivity index (χ3v) is 5.74. The molecule has 0 unspecified atom stereocenters. The van der Waals surface area contributed by atoms with Crippen molar-refractivity contribution >= 4 is 10.0 Å². The Morgan fingerprint density at radius 1 is 0.773 bits per heavy atom. The molecule has 0 aromatic heterocycles. The Labute approximate surface area is 132 Å². The summed E-state index contributed by atoms with van der Waals surface area (Å²) in [5, 5.41) is 0. The summed E-state index contributed by atoms with van der Waals surface area (Å²) in [5.41, 5.74) is 2.11. The highest BCUT2D eigenvalue weighted by molar-refractivity contribution is 7.89. The van der Waals surface area contributed by atoms with Crippen LogP contribution in [0.15, 0.2) is 59.5 Å². The van der Waals surface area contributed by atoms with E-state index in [1.54, 1.807) is 12.1 Å². The fourth-order valence-electron chi connectivity index (χ4n) is 2.97. The summed E-state index contributed by atoms with van der Waals surface area (Å²) in [7, 11) is -3.41. The Balaban J connectivity index is 1.76. The van der Waals surface area contributed by atoms with Crippen molar-refractivity contribution in [1.82, 2.24) is 4.72 Å². The fourth-order valence-corrected chi connectivity index (χ4v) is 4.27. The molecule has 1 aliphatic carbocycles.